The molecular formula is C26H16ClF4N3O2. The van der Waals surface area contributed by atoms with Gasteiger partial charge in [-0.1, -0.05) is 41.9 Å². The SMILES string of the molecule is O=C(O)C1C=NCc2c(-c3ccc(-c4ccc(C(F)(F)F)c(Cl)c4)cc3)nc3ccc(F)cc3c2N1. The van der Waals surface area contributed by atoms with Gasteiger partial charge in [-0.2, -0.15) is 13.2 Å². The molecule has 1 aliphatic heterocycles. The van der Waals surface area contributed by atoms with E-state index in [-0.39, 0.29) is 6.54 Å². The Kier molecular flexibility index (Phi) is 5.88. The summed E-state index contributed by atoms with van der Waals surface area (Å²) in [6.07, 6.45) is -3.26. The third-order valence-corrected chi connectivity index (χ3v) is 6.20. The smallest absolute Gasteiger partial charge is 0.417 e. The molecule has 2 heterocycles. The van der Waals surface area contributed by atoms with E-state index in [0.717, 1.165) is 6.07 Å². The highest BCUT2D eigenvalue weighted by Crippen LogP contribution is 2.39. The van der Waals surface area contributed by atoms with Gasteiger partial charge in [0.2, 0.25) is 0 Å². The van der Waals surface area contributed by atoms with Gasteiger partial charge in [0.1, 0.15) is 5.82 Å². The Morgan fingerprint density at radius 2 is 1.69 bits per heavy atom. The number of carboxylic acids is 1. The number of anilines is 1. The summed E-state index contributed by atoms with van der Waals surface area (Å²) >= 11 is 5.87. The van der Waals surface area contributed by atoms with Crippen molar-refractivity contribution in [1.82, 2.24) is 4.98 Å². The van der Waals surface area contributed by atoms with E-state index in [2.05, 4.69) is 10.3 Å². The fourth-order valence-electron chi connectivity index (χ4n) is 4.15. The second kappa shape index (κ2) is 8.91. The Hall–Kier alpha value is -3.98. The van der Waals surface area contributed by atoms with Crippen LogP contribution >= 0.6 is 11.6 Å². The molecule has 0 amide bonds. The quantitative estimate of drug-likeness (QED) is 0.294. The van der Waals surface area contributed by atoms with Crippen LogP contribution in [0.3, 0.4) is 0 Å². The monoisotopic (exact) mass is 513 g/mol. The number of hydrogen-bond donors (Lipinski definition) is 2. The predicted molar refractivity (Wildman–Crippen MR) is 130 cm³/mol. The van der Waals surface area contributed by atoms with Crippen molar-refractivity contribution in [3.63, 3.8) is 0 Å². The van der Waals surface area contributed by atoms with Gasteiger partial charge in [0, 0.05) is 22.7 Å². The van der Waals surface area contributed by atoms with Crippen LogP contribution in [0.1, 0.15) is 11.1 Å². The van der Waals surface area contributed by atoms with E-state index in [4.69, 9.17) is 16.6 Å². The average Bonchev–Trinajstić information content (AvgIpc) is 3.07. The van der Waals surface area contributed by atoms with Crippen LogP contribution in [0.4, 0.5) is 23.2 Å². The maximum atomic E-state index is 14.0. The highest BCUT2D eigenvalue weighted by Gasteiger charge is 2.33. The number of hydrogen-bond acceptors (Lipinski definition) is 4. The summed E-state index contributed by atoms with van der Waals surface area (Å²) in [6.45, 7) is 0.122. The Morgan fingerprint density at radius 3 is 2.36 bits per heavy atom. The lowest BCUT2D eigenvalue weighted by Crippen LogP contribution is -2.30. The molecule has 0 bridgehead atoms. The predicted octanol–water partition coefficient (Wildman–Crippen LogP) is 6.83. The van der Waals surface area contributed by atoms with Gasteiger partial charge in [-0.05, 0) is 41.5 Å². The minimum Gasteiger partial charge on any atom is -0.479 e. The third kappa shape index (κ3) is 4.37. The summed E-state index contributed by atoms with van der Waals surface area (Å²) in [5.74, 6) is -1.62. The maximum absolute atomic E-state index is 14.0. The maximum Gasteiger partial charge on any atom is 0.417 e. The fraction of sp³-hybridized carbons (Fsp3) is 0.115. The standard InChI is InChI=1S/C26H16ClF4N3O2/c27-20-9-15(5-7-19(20)26(29,30)31)13-1-3-14(4-2-13)23-18-11-32-12-22(25(35)36)34-24(18)17-10-16(28)6-8-21(17)33-23/h1-10,12,22,34H,11H2,(H,35,36). The van der Waals surface area contributed by atoms with E-state index in [1.165, 1.54) is 36.5 Å². The highest BCUT2D eigenvalue weighted by molar-refractivity contribution is 6.31. The van der Waals surface area contributed by atoms with Crippen LogP contribution < -0.4 is 5.32 Å². The number of aliphatic imine (C=N–C) groups is 1. The molecule has 3 aromatic carbocycles. The zero-order valence-corrected chi connectivity index (χ0v) is 19.0. The van der Waals surface area contributed by atoms with E-state index < -0.39 is 34.6 Å². The molecule has 4 aromatic rings. The number of nitrogens with zero attached hydrogens (tertiary/aromatic N) is 2. The number of fused-ring (bicyclic) bond motifs is 3. The molecule has 1 aliphatic rings. The van der Waals surface area contributed by atoms with Crippen molar-refractivity contribution >= 4 is 40.4 Å². The zero-order valence-electron chi connectivity index (χ0n) is 18.3. The molecule has 1 aromatic heterocycles. The van der Waals surface area contributed by atoms with Crippen LogP contribution in [0.2, 0.25) is 5.02 Å². The molecule has 5 nitrogen and oxygen atoms in total. The van der Waals surface area contributed by atoms with Crippen LogP contribution in [0.25, 0.3) is 33.3 Å². The average molecular weight is 514 g/mol. The van der Waals surface area contributed by atoms with Gasteiger partial charge in [-0.15, -0.1) is 0 Å². The first-order chi connectivity index (χ1) is 17.1. The number of pyridine rings is 1. The molecule has 0 spiro atoms. The lowest BCUT2D eigenvalue weighted by molar-refractivity contribution is -0.138. The molecule has 1 atom stereocenters. The number of halogens is 5. The topological polar surface area (TPSA) is 74.6 Å². The van der Waals surface area contributed by atoms with Gasteiger partial charge in [0.25, 0.3) is 0 Å². The van der Waals surface area contributed by atoms with Gasteiger partial charge in [0.15, 0.2) is 6.04 Å². The molecule has 5 rings (SSSR count). The van der Waals surface area contributed by atoms with Crippen molar-refractivity contribution in [2.24, 2.45) is 4.99 Å². The Balaban J connectivity index is 1.60. The number of nitrogens with one attached hydrogen (secondary N) is 1. The van der Waals surface area contributed by atoms with E-state index in [0.29, 0.717) is 44.5 Å². The first kappa shape index (κ1) is 23.7. The molecule has 182 valence electrons. The minimum absolute atomic E-state index is 0.122. The second-order valence-corrected chi connectivity index (χ2v) is 8.60. The number of carbonyl (C=O) groups is 1. The van der Waals surface area contributed by atoms with Crippen LogP contribution in [-0.4, -0.2) is 28.3 Å². The number of benzene rings is 3. The van der Waals surface area contributed by atoms with Crippen LogP contribution in [0.15, 0.2) is 65.7 Å². The number of aliphatic carboxylic acids is 1. The summed E-state index contributed by atoms with van der Waals surface area (Å²) in [4.78, 5) is 20.5. The molecule has 0 fully saturated rings. The van der Waals surface area contributed by atoms with E-state index in [1.54, 1.807) is 24.3 Å². The van der Waals surface area contributed by atoms with Gasteiger partial charge in [0.05, 0.1) is 34.0 Å². The lowest BCUT2D eigenvalue weighted by Gasteiger charge is -2.18. The number of aromatic nitrogens is 1. The molecular weight excluding hydrogens is 498 g/mol. The Morgan fingerprint density at radius 1 is 1.00 bits per heavy atom. The molecule has 0 radical (unpaired) electrons. The van der Waals surface area contributed by atoms with Crippen molar-refractivity contribution in [3.8, 4) is 22.4 Å². The molecule has 0 aliphatic carbocycles. The van der Waals surface area contributed by atoms with Crippen LogP contribution in [0, 0.1) is 5.82 Å². The van der Waals surface area contributed by atoms with Gasteiger partial charge in [-0.25, -0.2) is 14.2 Å². The second-order valence-electron chi connectivity index (χ2n) is 8.20. The fourth-order valence-corrected chi connectivity index (χ4v) is 4.43. The van der Waals surface area contributed by atoms with Crippen molar-refractivity contribution in [2.75, 3.05) is 5.32 Å². The number of rotatable bonds is 3. The summed E-state index contributed by atoms with van der Waals surface area (Å²) in [7, 11) is 0. The summed E-state index contributed by atoms with van der Waals surface area (Å²) in [5.41, 5.74) is 2.93. The zero-order chi connectivity index (χ0) is 25.6. The van der Waals surface area contributed by atoms with Crippen molar-refractivity contribution in [2.45, 2.75) is 18.8 Å². The van der Waals surface area contributed by atoms with Crippen molar-refractivity contribution < 1.29 is 27.5 Å². The summed E-state index contributed by atoms with van der Waals surface area (Å²) in [6, 6.07) is 13.5. The largest absolute Gasteiger partial charge is 0.479 e. The lowest BCUT2D eigenvalue weighted by atomic mass is 9.97. The van der Waals surface area contributed by atoms with Gasteiger partial charge in [-0.3, -0.25) is 4.99 Å². The molecule has 36 heavy (non-hydrogen) atoms. The van der Waals surface area contributed by atoms with Crippen LogP contribution in [-0.2, 0) is 17.5 Å². The molecule has 1 unspecified atom stereocenters. The summed E-state index contributed by atoms with van der Waals surface area (Å²) < 4.78 is 53.1. The van der Waals surface area contributed by atoms with Crippen molar-refractivity contribution in [3.05, 3.63) is 82.6 Å². The van der Waals surface area contributed by atoms with Crippen LogP contribution in [0.5, 0.6) is 0 Å². The first-order valence-corrected chi connectivity index (χ1v) is 11.1. The Labute approximate surface area is 207 Å². The molecule has 10 heteroatoms. The number of carboxylic acid groups (broad SMARTS) is 1. The van der Waals surface area contributed by atoms with E-state index in [1.807, 2.05) is 0 Å². The van der Waals surface area contributed by atoms with E-state index in [9.17, 15) is 27.5 Å². The molecule has 0 saturated heterocycles. The van der Waals surface area contributed by atoms with Gasteiger partial charge < -0.3 is 10.4 Å². The normalized spacial score (nSPS) is 15.3. The van der Waals surface area contributed by atoms with Crippen molar-refractivity contribution in [1.29, 1.82) is 0 Å². The third-order valence-electron chi connectivity index (χ3n) is 5.88. The Bertz CT molecular complexity index is 1540. The minimum atomic E-state index is -4.54. The van der Waals surface area contributed by atoms with E-state index >= 15 is 0 Å². The molecule has 0 saturated carbocycles. The first-order valence-electron chi connectivity index (χ1n) is 10.7. The van der Waals surface area contributed by atoms with Gasteiger partial charge >= 0.3 is 12.1 Å². The summed E-state index contributed by atoms with van der Waals surface area (Å²) in [5, 5.41) is 12.5. The molecule has 2 N–H and O–H groups in total. The highest BCUT2D eigenvalue weighted by atomic mass is 35.5. The number of alkyl halides is 3.